The fraction of sp³-hybridized carbons (Fsp3) is 0.962. The molecule has 0 heterocycles. The minimum absolute atomic E-state index is 0.0393. The Labute approximate surface area is 184 Å². The molecule has 6 atom stereocenters. The molecule has 0 amide bonds. The molecular formula is C26H46NO3+. The van der Waals surface area contributed by atoms with Gasteiger partial charge in [-0.2, -0.15) is 0 Å². The Balaban J connectivity index is 1.26. The monoisotopic (exact) mass is 420 g/mol. The van der Waals surface area contributed by atoms with Crippen LogP contribution in [-0.4, -0.2) is 56.5 Å². The number of carbonyl (C=O) groups excluding carboxylic acids is 1. The highest BCUT2D eigenvalue weighted by Crippen LogP contribution is 2.67. The number of likely N-dealkylation sites (N-methyl/N-ethyl adjacent to an activating group) is 1. The number of hydrogen-bond donors (Lipinski definition) is 0. The van der Waals surface area contributed by atoms with Gasteiger partial charge in [0.05, 0.1) is 26.8 Å². The maximum atomic E-state index is 12.8. The van der Waals surface area contributed by atoms with Crippen LogP contribution in [-0.2, 0) is 14.3 Å². The highest BCUT2D eigenvalue weighted by Gasteiger charge is 2.63. The van der Waals surface area contributed by atoms with Crippen LogP contribution < -0.4 is 0 Å². The lowest BCUT2D eigenvalue weighted by Gasteiger charge is -2.40. The summed E-state index contributed by atoms with van der Waals surface area (Å²) < 4.78 is 13.2. The first-order chi connectivity index (χ1) is 13.7. The molecule has 172 valence electrons. The van der Waals surface area contributed by atoms with Crippen LogP contribution in [0.4, 0.5) is 0 Å². The Hall–Kier alpha value is -0.610. The van der Waals surface area contributed by atoms with E-state index in [4.69, 9.17) is 9.47 Å². The van der Waals surface area contributed by atoms with E-state index in [0.717, 1.165) is 25.5 Å². The van der Waals surface area contributed by atoms with Gasteiger partial charge in [-0.1, -0.05) is 41.5 Å². The van der Waals surface area contributed by atoms with Gasteiger partial charge in [-0.15, -0.1) is 0 Å². The second-order valence-electron chi connectivity index (χ2n) is 13.4. The van der Waals surface area contributed by atoms with Crippen molar-refractivity contribution in [1.29, 1.82) is 0 Å². The second-order valence-corrected chi connectivity index (χ2v) is 13.4. The summed E-state index contributed by atoms with van der Waals surface area (Å²) in [5, 5.41) is 0. The first-order valence-electron chi connectivity index (χ1n) is 12.4. The molecule has 0 spiro atoms. The van der Waals surface area contributed by atoms with Crippen molar-refractivity contribution < 1.29 is 18.8 Å². The van der Waals surface area contributed by atoms with E-state index in [2.05, 4.69) is 55.6 Å². The van der Waals surface area contributed by atoms with Crippen LogP contribution in [0.3, 0.4) is 0 Å². The molecule has 4 saturated carbocycles. The molecule has 4 heteroatoms. The summed E-state index contributed by atoms with van der Waals surface area (Å²) in [6.07, 6.45) is 7.83. The van der Waals surface area contributed by atoms with Crippen LogP contribution in [0, 0.1) is 33.5 Å². The van der Waals surface area contributed by atoms with Crippen LogP contribution in [0.5, 0.6) is 0 Å². The van der Waals surface area contributed by atoms with E-state index in [-0.39, 0.29) is 22.9 Å². The molecule has 4 rings (SSSR count). The second kappa shape index (κ2) is 6.94. The van der Waals surface area contributed by atoms with Gasteiger partial charge in [-0.3, -0.25) is 0 Å². The molecule has 0 radical (unpaired) electrons. The predicted octanol–water partition coefficient (Wildman–Crippen LogP) is 5.05. The Morgan fingerprint density at radius 1 is 0.867 bits per heavy atom. The van der Waals surface area contributed by atoms with Crippen molar-refractivity contribution >= 4 is 5.97 Å². The summed E-state index contributed by atoms with van der Waals surface area (Å²) >= 11 is 0. The number of nitrogens with zero attached hydrogens (tertiary/aromatic N) is 1. The Bertz CT molecular complexity index is 698. The van der Waals surface area contributed by atoms with Gasteiger partial charge >= 0.3 is 5.97 Å². The van der Waals surface area contributed by atoms with E-state index in [1.165, 1.54) is 32.1 Å². The lowest BCUT2D eigenvalue weighted by molar-refractivity contribution is -0.883. The standard InChI is InChI=1S/C26H46NO3/c1-23(2)18-9-11-25(23,5)20(15-18)29-14-13-27(7,8)17-22(28)30-21-16-19-10-12-26(21,6)24(19,3)4/h18-21H,9-17H2,1-8H3/q+1/t18-,19+,20+,21+,25-,26+/m1/s1. The number of ether oxygens (including phenoxy) is 2. The van der Waals surface area contributed by atoms with Crippen molar-refractivity contribution in [1.82, 2.24) is 0 Å². The zero-order chi connectivity index (χ0) is 22.2. The Kier molecular flexibility index (Phi) is 5.22. The highest BCUT2D eigenvalue weighted by atomic mass is 16.5. The van der Waals surface area contributed by atoms with Crippen LogP contribution in [0.15, 0.2) is 0 Å². The molecule has 4 bridgehead atoms. The van der Waals surface area contributed by atoms with Gasteiger partial charge in [0.25, 0.3) is 0 Å². The van der Waals surface area contributed by atoms with Crippen molar-refractivity contribution in [2.24, 2.45) is 33.5 Å². The van der Waals surface area contributed by atoms with Crippen LogP contribution in [0.2, 0.25) is 0 Å². The third kappa shape index (κ3) is 3.18. The van der Waals surface area contributed by atoms with Crippen LogP contribution >= 0.6 is 0 Å². The summed E-state index contributed by atoms with van der Waals surface area (Å²) in [7, 11) is 4.26. The molecule has 0 aromatic heterocycles. The molecule has 4 fully saturated rings. The number of hydrogen-bond acceptors (Lipinski definition) is 3. The first-order valence-corrected chi connectivity index (χ1v) is 12.4. The quantitative estimate of drug-likeness (QED) is 0.427. The van der Waals surface area contributed by atoms with Gasteiger partial charge in [-0.05, 0) is 66.6 Å². The smallest absolute Gasteiger partial charge is 0.362 e. The molecule has 30 heavy (non-hydrogen) atoms. The van der Waals surface area contributed by atoms with Crippen molar-refractivity contribution in [3.63, 3.8) is 0 Å². The Morgan fingerprint density at radius 2 is 1.37 bits per heavy atom. The van der Waals surface area contributed by atoms with Crippen molar-refractivity contribution in [2.75, 3.05) is 33.8 Å². The SMILES string of the molecule is CC1(C)[C@H]2CC[C@@]1(C)[C@@H](OC(=O)C[N+](C)(C)CCO[C@H]1C[C@H]3CC[C@@]1(C)C3(C)C)C2. The summed E-state index contributed by atoms with van der Waals surface area (Å²) in [4.78, 5) is 12.8. The molecule has 0 aliphatic heterocycles. The third-order valence-corrected chi connectivity index (χ3v) is 11.3. The lowest BCUT2D eigenvalue weighted by Crippen LogP contribution is -2.49. The number of fused-ring (bicyclic) bond motifs is 4. The van der Waals surface area contributed by atoms with E-state index >= 15 is 0 Å². The normalized spacial score (nSPS) is 43.3. The minimum Gasteiger partial charge on any atom is -0.458 e. The predicted molar refractivity (Wildman–Crippen MR) is 120 cm³/mol. The van der Waals surface area contributed by atoms with Gasteiger partial charge in [-0.25, -0.2) is 4.79 Å². The van der Waals surface area contributed by atoms with Gasteiger partial charge in [0.2, 0.25) is 0 Å². The number of esters is 1. The fourth-order valence-electron chi connectivity index (χ4n) is 7.76. The topological polar surface area (TPSA) is 35.5 Å². The number of carbonyl (C=O) groups is 1. The first kappa shape index (κ1) is 22.6. The average Bonchev–Trinajstić information content (AvgIpc) is 3.13. The molecule has 0 aromatic carbocycles. The lowest BCUT2D eigenvalue weighted by atomic mass is 9.70. The van der Waals surface area contributed by atoms with Crippen LogP contribution in [0.1, 0.15) is 80.1 Å². The molecule has 0 N–H and O–H groups in total. The van der Waals surface area contributed by atoms with Crippen molar-refractivity contribution in [3.05, 3.63) is 0 Å². The van der Waals surface area contributed by atoms with Gasteiger partial charge in [0.15, 0.2) is 6.54 Å². The zero-order valence-corrected chi connectivity index (χ0v) is 20.8. The molecule has 0 unspecified atom stereocenters. The summed E-state index contributed by atoms with van der Waals surface area (Å²) in [5.74, 6) is 1.46. The molecule has 0 saturated heterocycles. The minimum atomic E-state index is -0.0393. The molecular weight excluding hydrogens is 374 g/mol. The Morgan fingerprint density at radius 3 is 1.80 bits per heavy atom. The average molecular weight is 421 g/mol. The number of quaternary nitrogens is 1. The maximum absolute atomic E-state index is 12.8. The summed E-state index contributed by atoms with van der Waals surface area (Å²) in [6.45, 7) is 16.4. The van der Waals surface area contributed by atoms with E-state index in [1.54, 1.807) is 0 Å². The van der Waals surface area contributed by atoms with Crippen molar-refractivity contribution in [2.45, 2.75) is 92.3 Å². The maximum Gasteiger partial charge on any atom is 0.362 e. The van der Waals surface area contributed by atoms with E-state index in [9.17, 15) is 4.79 Å². The fourth-order valence-corrected chi connectivity index (χ4v) is 7.76. The summed E-state index contributed by atoms with van der Waals surface area (Å²) in [6, 6.07) is 0. The van der Waals surface area contributed by atoms with E-state index in [0.29, 0.717) is 33.9 Å². The van der Waals surface area contributed by atoms with Crippen LogP contribution in [0.25, 0.3) is 0 Å². The molecule has 4 nitrogen and oxygen atoms in total. The molecule has 4 aliphatic rings. The van der Waals surface area contributed by atoms with E-state index in [1.807, 2.05) is 0 Å². The largest absolute Gasteiger partial charge is 0.458 e. The number of rotatable bonds is 7. The van der Waals surface area contributed by atoms with E-state index < -0.39 is 0 Å². The summed E-state index contributed by atoms with van der Waals surface area (Å²) in [5.41, 5.74) is 1.10. The van der Waals surface area contributed by atoms with Crippen molar-refractivity contribution in [3.8, 4) is 0 Å². The zero-order valence-electron chi connectivity index (χ0n) is 20.8. The van der Waals surface area contributed by atoms with Gasteiger partial charge < -0.3 is 14.0 Å². The third-order valence-electron chi connectivity index (χ3n) is 11.3. The van der Waals surface area contributed by atoms with Gasteiger partial charge in [0.1, 0.15) is 12.6 Å². The molecule has 4 aliphatic carbocycles. The van der Waals surface area contributed by atoms with Gasteiger partial charge in [0, 0.05) is 5.41 Å². The molecule has 0 aromatic rings. The highest BCUT2D eigenvalue weighted by molar-refractivity contribution is 5.71.